The van der Waals surface area contributed by atoms with Crippen LogP contribution in [-0.2, 0) is 6.54 Å². The van der Waals surface area contributed by atoms with Gasteiger partial charge >= 0.3 is 12.1 Å². The van der Waals surface area contributed by atoms with E-state index in [2.05, 4.69) is 15.0 Å². The number of nitrogens with zero attached hydrogens (tertiary/aromatic N) is 2. The molecular formula is C11H8F3N3O2. The lowest BCUT2D eigenvalue weighted by Gasteiger charge is -2.11. The van der Waals surface area contributed by atoms with E-state index in [0.29, 0.717) is 29.8 Å². The molecule has 0 aliphatic carbocycles. The van der Waals surface area contributed by atoms with Crippen LogP contribution in [-0.4, -0.2) is 22.5 Å². The summed E-state index contributed by atoms with van der Waals surface area (Å²) in [5.74, 6) is 0.138. The lowest BCUT2D eigenvalue weighted by Crippen LogP contribution is -2.21. The molecule has 100 valence electrons. The third kappa shape index (κ3) is 2.09. The van der Waals surface area contributed by atoms with E-state index in [1.807, 2.05) is 0 Å². The van der Waals surface area contributed by atoms with Crippen LogP contribution in [0.5, 0.6) is 5.75 Å². The highest BCUT2D eigenvalue weighted by Crippen LogP contribution is 2.29. The average Bonchev–Trinajstić information content (AvgIpc) is 2.78. The van der Waals surface area contributed by atoms with Gasteiger partial charge in [-0.3, -0.25) is 4.57 Å². The lowest BCUT2D eigenvalue weighted by atomic mass is 10.2. The Balaban J connectivity index is 2.18. The summed E-state index contributed by atoms with van der Waals surface area (Å²) in [4.78, 5) is 15.5. The molecule has 0 spiro atoms. The van der Waals surface area contributed by atoms with Crippen molar-refractivity contribution in [3.8, 4) is 5.75 Å². The number of anilines is 1. The summed E-state index contributed by atoms with van der Waals surface area (Å²) in [6.45, 7) is 0.988. The highest BCUT2D eigenvalue weighted by molar-refractivity contribution is 5.90. The van der Waals surface area contributed by atoms with Crippen molar-refractivity contribution in [2.24, 2.45) is 0 Å². The molecule has 0 saturated heterocycles. The lowest BCUT2D eigenvalue weighted by molar-refractivity contribution is -0.274. The molecule has 5 nitrogen and oxygen atoms in total. The zero-order valence-corrected chi connectivity index (χ0v) is 9.49. The van der Waals surface area contributed by atoms with Gasteiger partial charge in [0.1, 0.15) is 11.6 Å². The molecule has 0 fully saturated rings. The standard InChI is InChI=1S/C11H8F3N3O2/c12-11(13,14)19-6-1-2-8-7(5-6)9-15-3-4-17(9)10(18)16-8/h1-2,5,15H,3-4H2. The number of ether oxygens (including phenoxy) is 1. The fourth-order valence-electron chi connectivity index (χ4n) is 2.09. The highest BCUT2D eigenvalue weighted by Gasteiger charge is 2.31. The fraction of sp³-hybridized carbons (Fsp3) is 0.273. The van der Waals surface area contributed by atoms with Crippen molar-refractivity contribution in [3.05, 3.63) is 28.7 Å². The summed E-state index contributed by atoms with van der Waals surface area (Å²) >= 11 is 0. The van der Waals surface area contributed by atoms with Crippen LogP contribution in [0.25, 0.3) is 10.9 Å². The van der Waals surface area contributed by atoms with E-state index in [4.69, 9.17) is 0 Å². The Morgan fingerprint density at radius 3 is 2.89 bits per heavy atom. The molecule has 0 saturated carbocycles. The molecule has 1 aromatic heterocycles. The SMILES string of the molecule is O=c1nc2ccc(OC(F)(F)F)cc2c2n1CCN2. The molecule has 0 unspecified atom stereocenters. The van der Waals surface area contributed by atoms with Gasteiger partial charge < -0.3 is 10.1 Å². The first-order valence-corrected chi connectivity index (χ1v) is 5.48. The first kappa shape index (κ1) is 11.8. The van der Waals surface area contributed by atoms with E-state index < -0.39 is 12.1 Å². The largest absolute Gasteiger partial charge is 0.573 e. The number of hydrogen-bond acceptors (Lipinski definition) is 4. The molecule has 2 aromatic rings. The van der Waals surface area contributed by atoms with E-state index in [9.17, 15) is 18.0 Å². The van der Waals surface area contributed by atoms with Crippen LogP contribution in [0.4, 0.5) is 19.0 Å². The van der Waals surface area contributed by atoms with Gasteiger partial charge in [0, 0.05) is 18.5 Å². The Kier molecular flexibility index (Phi) is 2.41. The van der Waals surface area contributed by atoms with Gasteiger partial charge in [0.25, 0.3) is 0 Å². The van der Waals surface area contributed by atoms with Gasteiger partial charge in [0.15, 0.2) is 0 Å². The third-order valence-corrected chi connectivity index (χ3v) is 2.80. The molecule has 0 radical (unpaired) electrons. The second-order valence-electron chi connectivity index (χ2n) is 4.05. The Morgan fingerprint density at radius 2 is 2.16 bits per heavy atom. The minimum absolute atomic E-state index is 0.333. The smallest absolute Gasteiger partial charge is 0.406 e. The van der Waals surface area contributed by atoms with Gasteiger partial charge in [0.05, 0.1) is 5.52 Å². The molecule has 2 heterocycles. The maximum Gasteiger partial charge on any atom is 0.573 e. The number of halogens is 3. The van der Waals surface area contributed by atoms with E-state index in [-0.39, 0.29) is 5.75 Å². The van der Waals surface area contributed by atoms with Crippen molar-refractivity contribution in [2.45, 2.75) is 12.9 Å². The maximum absolute atomic E-state index is 12.2. The highest BCUT2D eigenvalue weighted by atomic mass is 19.4. The van der Waals surface area contributed by atoms with E-state index in [1.54, 1.807) is 0 Å². The average molecular weight is 271 g/mol. The molecular weight excluding hydrogens is 263 g/mol. The zero-order chi connectivity index (χ0) is 13.6. The van der Waals surface area contributed by atoms with Crippen LogP contribution in [0.3, 0.4) is 0 Å². The zero-order valence-electron chi connectivity index (χ0n) is 9.49. The minimum Gasteiger partial charge on any atom is -0.406 e. The fourth-order valence-corrected chi connectivity index (χ4v) is 2.09. The van der Waals surface area contributed by atoms with Crippen molar-refractivity contribution in [3.63, 3.8) is 0 Å². The molecule has 1 aromatic carbocycles. The Bertz CT molecular complexity index is 709. The second-order valence-corrected chi connectivity index (χ2v) is 4.05. The van der Waals surface area contributed by atoms with Crippen LogP contribution < -0.4 is 15.7 Å². The van der Waals surface area contributed by atoms with E-state index in [0.717, 1.165) is 6.07 Å². The predicted molar refractivity (Wildman–Crippen MR) is 61.2 cm³/mol. The van der Waals surface area contributed by atoms with E-state index in [1.165, 1.54) is 16.7 Å². The number of rotatable bonds is 1. The van der Waals surface area contributed by atoms with Crippen LogP contribution in [0, 0.1) is 0 Å². The minimum atomic E-state index is -4.75. The molecule has 0 atom stereocenters. The van der Waals surface area contributed by atoms with Crippen molar-refractivity contribution in [1.82, 2.24) is 9.55 Å². The van der Waals surface area contributed by atoms with Crippen molar-refractivity contribution in [2.75, 3.05) is 11.9 Å². The molecule has 1 aliphatic rings. The van der Waals surface area contributed by atoms with Gasteiger partial charge in [0.2, 0.25) is 0 Å². The topological polar surface area (TPSA) is 56.1 Å². The molecule has 0 amide bonds. The number of hydrogen-bond donors (Lipinski definition) is 1. The first-order valence-electron chi connectivity index (χ1n) is 5.48. The van der Waals surface area contributed by atoms with Gasteiger partial charge in [-0.1, -0.05) is 0 Å². The number of fused-ring (bicyclic) bond motifs is 3. The van der Waals surface area contributed by atoms with Gasteiger partial charge in [-0.15, -0.1) is 13.2 Å². The Labute approximate surface area is 104 Å². The van der Waals surface area contributed by atoms with E-state index >= 15 is 0 Å². The van der Waals surface area contributed by atoms with Crippen LogP contribution in [0.15, 0.2) is 23.0 Å². The Morgan fingerprint density at radius 1 is 1.37 bits per heavy atom. The van der Waals surface area contributed by atoms with Crippen LogP contribution in [0.2, 0.25) is 0 Å². The van der Waals surface area contributed by atoms with Gasteiger partial charge in [-0.05, 0) is 18.2 Å². The van der Waals surface area contributed by atoms with Crippen LogP contribution >= 0.6 is 0 Å². The molecule has 1 N–H and O–H groups in total. The first-order chi connectivity index (χ1) is 8.94. The second kappa shape index (κ2) is 3.87. The summed E-state index contributed by atoms with van der Waals surface area (Å²) in [6, 6.07) is 3.69. The van der Waals surface area contributed by atoms with Gasteiger partial charge in [-0.25, -0.2) is 4.79 Å². The third-order valence-electron chi connectivity index (χ3n) is 2.80. The summed E-state index contributed by atoms with van der Waals surface area (Å²) in [6.07, 6.45) is -4.75. The number of nitrogens with one attached hydrogen (secondary N) is 1. The molecule has 1 aliphatic heterocycles. The van der Waals surface area contributed by atoms with Crippen molar-refractivity contribution < 1.29 is 17.9 Å². The normalized spacial score (nSPS) is 14.3. The number of benzene rings is 1. The van der Waals surface area contributed by atoms with Crippen molar-refractivity contribution >= 4 is 16.7 Å². The summed E-state index contributed by atoms with van der Waals surface area (Å²) < 4.78 is 41.8. The van der Waals surface area contributed by atoms with Crippen molar-refractivity contribution in [1.29, 1.82) is 0 Å². The molecule has 19 heavy (non-hydrogen) atoms. The van der Waals surface area contributed by atoms with Crippen LogP contribution in [0.1, 0.15) is 0 Å². The summed E-state index contributed by atoms with van der Waals surface area (Å²) in [7, 11) is 0. The predicted octanol–water partition coefficient (Wildman–Crippen LogP) is 1.72. The quantitative estimate of drug-likeness (QED) is 0.858. The monoisotopic (exact) mass is 271 g/mol. The summed E-state index contributed by atoms with van der Waals surface area (Å²) in [5, 5.41) is 3.39. The molecule has 0 bridgehead atoms. The Hall–Kier alpha value is -2.25. The number of aromatic nitrogens is 2. The summed E-state index contributed by atoms with van der Waals surface area (Å²) in [5.41, 5.74) is -0.0860. The molecule has 3 rings (SSSR count). The van der Waals surface area contributed by atoms with Gasteiger partial charge in [-0.2, -0.15) is 4.98 Å². The number of alkyl halides is 3. The maximum atomic E-state index is 12.2. The molecule has 8 heteroatoms.